The van der Waals surface area contributed by atoms with Crippen molar-refractivity contribution < 1.29 is 9.59 Å². The van der Waals surface area contributed by atoms with Gasteiger partial charge in [0, 0.05) is 38.6 Å². The first kappa shape index (κ1) is 16.5. The number of piperidine rings is 1. The number of hydrogen-bond acceptors (Lipinski definition) is 3. The lowest BCUT2D eigenvalue weighted by Crippen LogP contribution is -2.48. The maximum Gasteiger partial charge on any atom is 0.329 e. The number of likely N-dealkylation sites (tertiary alicyclic amines) is 1. The molecule has 1 aromatic rings. The van der Waals surface area contributed by atoms with Gasteiger partial charge in [-0.2, -0.15) is 0 Å². The Balaban J connectivity index is 2.00. The molecule has 22 heavy (non-hydrogen) atoms. The van der Waals surface area contributed by atoms with E-state index in [0.29, 0.717) is 13.1 Å². The Morgan fingerprint density at radius 1 is 1.27 bits per heavy atom. The molecular weight excluding hydrogens is 280 g/mol. The van der Waals surface area contributed by atoms with Gasteiger partial charge in [0.2, 0.25) is 5.91 Å². The fourth-order valence-electron chi connectivity index (χ4n) is 3.02. The van der Waals surface area contributed by atoms with Gasteiger partial charge in [-0.15, -0.1) is 0 Å². The normalized spacial score (nSPS) is 18.3. The van der Waals surface area contributed by atoms with Crippen LogP contribution >= 0.6 is 0 Å². The van der Waals surface area contributed by atoms with Crippen LogP contribution in [0.1, 0.15) is 39.5 Å². The van der Waals surface area contributed by atoms with Crippen molar-refractivity contribution in [3.63, 3.8) is 0 Å². The molecule has 6 nitrogen and oxygen atoms in total. The highest BCUT2D eigenvalue weighted by Crippen LogP contribution is 2.20. The smallest absolute Gasteiger partial charge is 0.329 e. The van der Waals surface area contributed by atoms with Crippen LogP contribution in [0.2, 0.25) is 0 Å². The third-order valence-corrected chi connectivity index (χ3v) is 4.07. The minimum Gasteiger partial charge on any atom is -0.342 e. The van der Waals surface area contributed by atoms with Crippen LogP contribution in [0.4, 0.5) is 4.79 Å². The van der Waals surface area contributed by atoms with Gasteiger partial charge < -0.3 is 9.80 Å². The van der Waals surface area contributed by atoms with Crippen molar-refractivity contribution in [2.75, 3.05) is 26.2 Å². The topological polar surface area (TPSA) is 58.4 Å². The zero-order valence-electron chi connectivity index (χ0n) is 13.6. The molecule has 1 fully saturated rings. The molecule has 0 aliphatic carbocycles. The fourth-order valence-corrected chi connectivity index (χ4v) is 3.02. The SMILES string of the molecule is CCCN(CCC)C(=O)C1CCCN(C(=O)n2ccnc2)C1. The van der Waals surface area contributed by atoms with Crippen LogP contribution < -0.4 is 0 Å². The van der Waals surface area contributed by atoms with E-state index < -0.39 is 0 Å². The van der Waals surface area contributed by atoms with E-state index in [9.17, 15) is 9.59 Å². The standard InChI is InChI=1S/C16H26N4O2/c1-3-8-18(9-4-2)15(21)14-6-5-10-19(12-14)16(22)20-11-7-17-13-20/h7,11,13-14H,3-6,8-10,12H2,1-2H3. The Morgan fingerprint density at radius 2 is 2.00 bits per heavy atom. The number of nitrogens with zero attached hydrogens (tertiary/aromatic N) is 4. The molecule has 1 aromatic heterocycles. The zero-order chi connectivity index (χ0) is 15.9. The van der Waals surface area contributed by atoms with Crippen molar-refractivity contribution >= 4 is 11.9 Å². The summed E-state index contributed by atoms with van der Waals surface area (Å²) in [4.78, 5) is 32.7. The summed E-state index contributed by atoms with van der Waals surface area (Å²) < 4.78 is 1.47. The Kier molecular flexibility index (Phi) is 5.98. The van der Waals surface area contributed by atoms with Crippen molar-refractivity contribution in [3.8, 4) is 0 Å². The first-order valence-electron chi connectivity index (χ1n) is 8.23. The summed E-state index contributed by atoms with van der Waals surface area (Å²) in [6.45, 7) is 7.01. The molecule has 0 aromatic carbocycles. The number of carbonyl (C=O) groups excluding carboxylic acids is 2. The van der Waals surface area contributed by atoms with Crippen molar-refractivity contribution in [2.24, 2.45) is 5.92 Å². The third kappa shape index (κ3) is 3.87. The molecule has 0 spiro atoms. The lowest BCUT2D eigenvalue weighted by Gasteiger charge is -2.34. The molecule has 0 saturated carbocycles. The van der Waals surface area contributed by atoms with Crippen molar-refractivity contribution in [2.45, 2.75) is 39.5 Å². The Bertz CT molecular complexity index is 480. The average molecular weight is 306 g/mol. The van der Waals surface area contributed by atoms with E-state index in [1.54, 1.807) is 17.3 Å². The second-order valence-corrected chi connectivity index (χ2v) is 5.86. The Labute approximate surface area is 132 Å². The molecule has 0 radical (unpaired) electrons. The van der Waals surface area contributed by atoms with Gasteiger partial charge in [-0.3, -0.25) is 9.36 Å². The molecule has 1 unspecified atom stereocenters. The predicted molar refractivity (Wildman–Crippen MR) is 84.5 cm³/mol. The zero-order valence-corrected chi connectivity index (χ0v) is 13.6. The molecular formula is C16H26N4O2. The van der Waals surface area contributed by atoms with Crippen LogP contribution in [0.3, 0.4) is 0 Å². The number of imidazole rings is 1. The van der Waals surface area contributed by atoms with Gasteiger partial charge in [0.25, 0.3) is 0 Å². The van der Waals surface area contributed by atoms with Gasteiger partial charge in [-0.05, 0) is 25.7 Å². The van der Waals surface area contributed by atoms with Gasteiger partial charge in [0.15, 0.2) is 0 Å². The molecule has 1 aliphatic rings. The molecule has 122 valence electrons. The molecule has 2 heterocycles. The van der Waals surface area contributed by atoms with Gasteiger partial charge in [0.1, 0.15) is 6.33 Å². The van der Waals surface area contributed by atoms with Crippen molar-refractivity contribution in [1.29, 1.82) is 0 Å². The summed E-state index contributed by atoms with van der Waals surface area (Å²) in [7, 11) is 0. The summed E-state index contributed by atoms with van der Waals surface area (Å²) in [5.41, 5.74) is 0. The summed E-state index contributed by atoms with van der Waals surface area (Å²) in [6.07, 6.45) is 8.43. The fraction of sp³-hybridized carbons (Fsp3) is 0.688. The van der Waals surface area contributed by atoms with Crippen LogP contribution in [-0.4, -0.2) is 57.5 Å². The largest absolute Gasteiger partial charge is 0.342 e. The number of aromatic nitrogens is 2. The van der Waals surface area contributed by atoms with E-state index in [1.165, 1.54) is 10.9 Å². The Hall–Kier alpha value is -1.85. The molecule has 1 saturated heterocycles. The van der Waals surface area contributed by atoms with Gasteiger partial charge in [-0.1, -0.05) is 13.8 Å². The van der Waals surface area contributed by atoms with Crippen LogP contribution in [0.5, 0.6) is 0 Å². The molecule has 2 rings (SSSR count). The third-order valence-electron chi connectivity index (χ3n) is 4.07. The highest BCUT2D eigenvalue weighted by Gasteiger charge is 2.31. The number of amides is 2. The average Bonchev–Trinajstić information content (AvgIpc) is 3.08. The quantitative estimate of drug-likeness (QED) is 0.838. The summed E-state index contributed by atoms with van der Waals surface area (Å²) in [5.74, 6) is 0.131. The number of rotatable bonds is 5. The van der Waals surface area contributed by atoms with Gasteiger partial charge in [-0.25, -0.2) is 9.78 Å². The summed E-state index contributed by atoms with van der Waals surface area (Å²) >= 11 is 0. The molecule has 1 atom stereocenters. The maximum atomic E-state index is 12.7. The van der Waals surface area contributed by atoms with Crippen LogP contribution in [0.25, 0.3) is 0 Å². The first-order valence-corrected chi connectivity index (χ1v) is 8.23. The van der Waals surface area contributed by atoms with Gasteiger partial charge in [0.05, 0.1) is 5.92 Å². The predicted octanol–water partition coefficient (Wildman–Crippen LogP) is 2.21. The number of carbonyl (C=O) groups is 2. The highest BCUT2D eigenvalue weighted by molar-refractivity contribution is 5.81. The van der Waals surface area contributed by atoms with Crippen molar-refractivity contribution in [1.82, 2.24) is 19.4 Å². The number of hydrogen-bond donors (Lipinski definition) is 0. The van der Waals surface area contributed by atoms with E-state index in [0.717, 1.165) is 38.8 Å². The second kappa shape index (κ2) is 7.96. The molecule has 0 bridgehead atoms. The Morgan fingerprint density at radius 3 is 2.59 bits per heavy atom. The van der Waals surface area contributed by atoms with Crippen LogP contribution in [0, 0.1) is 5.92 Å². The minimum atomic E-state index is -0.0902. The monoisotopic (exact) mass is 306 g/mol. The van der Waals surface area contributed by atoms with E-state index in [4.69, 9.17) is 0 Å². The maximum absolute atomic E-state index is 12.7. The van der Waals surface area contributed by atoms with E-state index in [1.807, 2.05) is 4.90 Å². The van der Waals surface area contributed by atoms with E-state index in [-0.39, 0.29) is 17.9 Å². The first-order chi connectivity index (χ1) is 10.7. The van der Waals surface area contributed by atoms with Gasteiger partial charge >= 0.3 is 6.03 Å². The van der Waals surface area contributed by atoms with Crippen LogP contribution in [-0.2, 0) is 4.79 Å². The molecule has 6 heteroatoms. The van der Waals surface area contributed by atoms with Crippen molar-refractivity contribution in [3.05, 3.63) is 18.7 Å². The highest BCUT2D eigenvalue weighted by atomic mass is 16.2. The molecule has 0 N–H and O–H groups in total. The minimum absolute atomic E-state index is 0.0701. The second-order valence-electron chi connectivity index (χ2n) is 5.86. The molecule has 2 amide bonds. The molecule has 1 aliphatic heterocycles. The van der Waals surface area contributed by atoms with E-state index >= 15 is 0 Å². The lowest BCUT2D eigenvalue weighted by atomic mass is 9.96. The van der Waals surface area contributed by atoms with Crippen LogP contribution in [0.15, 0.2) is 18.7 Å². The summed E-state index contributed by atoms with van der Waals surface area (Å²) in [6, 6.07) is -0.0902. The van der Waals surface area contributed by atoms with E-state index in [2.05, 4.69) is 18.8 Å². The summed E-state index contributed by atoms with van der Waals surface area (Å²) in [5, 5.41) is 0. The lowest BCUT2D eigenvalue weighted by molar-refractivity contribution is -0.137.